The van der Waals surface area contributed by atoms with E-state index in [4.69, 9.17) is 0 Å². The zero-order chi connectivity index (χ0) is 0. The minimum atomic E-state index is 0. The fraction of sp³-hybridized carbons (Fsp3) is 0. The topological polar surface area (TPSA) is 0 Å². The summed E-state index contributed by atoms with van der Waals surface area (Å²) in [4.78, 5) is 0. The summed E-state index contributed by atoms with van der Waals surface area (Å²) < 4.78 is 0. The van der Waals surface area contributed by atoms with E-state index in [1.54, 1.807) is 0 Å². The fourth-order valence-electron chi connectivity index (χ4n) is 0. The molecular formula is H4SiW3. The van der Waals surface area contributed by atoms with Gasteiger partial charge < -0.3 is 0 Å². The van der Waals surface area contributed by atoms with E-state index in [-0.39, 0.29) is 74.2 Å². The van der Waals surface area contributed by atoms with Gasteiger partial charge in [-0.25, -0.2) is 0 Å². The molecule has 0 unspecified atom stereocenters. The first kappa shape index (κ1) is 33.7. The van der Waals surface area contributed by atoms with Gasteiger partial charge in [-0.05, 0) is 11.0 Å². The second-order valence-electron chi connectivity index (χ2n) is 0. The molecule has 0 rings (SSSR count). The Hall–Kier alpha value is 2.28. The van der Waals surface area contributed by atoms with Crippen molar-refractivity contribution in [3.63, 3.8) is 0 Å². The van der Waals surface area contributed by atoms with Gasteiger partial charge in [-0.15, -0.1) is 0 Å². The van der Waals surface area contributed by atoms with E-state index in [0.29, 0.717) is 0 Å². The molecule has 0 aromatic heterocycles. The average Bonchev–Trinajstić information content (AvgIpc) is 0. The molecule has 0 aliphatic carbocycles. The molecule has 0 aliphatic heterocycles. The molecule has 0 radical (unpaired) electrons. The average molecular weight is 584 g/mol. The van der Waals surface area contributed by atoms with Gasteiger partial charge in [0.2, 0.25) is 0 Å². The molecule has 4 heavy (non-hydrogen) atoms. The number of hydrogen-bond donors (Lipinski definition) is 0. The van der Waals surface area contributed by atoms with Gasteiger partial charge in [-0.1, -0.05) is 0 Å². The van der Waals surface area contributed by atoms with E-state index in [2.05, 4.69) is 0 Å². The van der Waals surface area contributed by atoms with E-state index in [9.17, 15) is 0 Å². The first-order valence-corrected chi connectivity index (χ1v) is 0. The summed E-state index contributed by atoms with van der Waals surface area (Å²) in [7, 11) is 0. The Balaban J connectivity index is 0. The Morgan fingerprint density at radius 2 is 0.500 bits per heavy atom. The second kappa shape index (κ2) is 18.6. The van der Waals surface area contributed by atoms with Crippen molar-refractivity contribution >= 4 is 11.0 Å². The molecule has 0 aromatic carbocycles. The van der Waals surface area contributed by atoms with E-state index in [0.717, 1.165) is 0 Å². The van der Waals surface area contributed by atoms with Crippen LogP contribution < -0.4 is 0 Å². The van der Waals surface area contributed by atoms with Crippen LogP contribution in [0.15, 0.2) is 0 Å². The van der Waals surface area contributed by atoms with Crippen LogP contribution in [0.3, 0.4) is 0 Å². The van der Waals surface area contributed by atoms with E-state index >= 15 is 0 Å². The number of hydrogen-bond acceptors (Lipinski definition) is 0. The van der Waals surface area contributed by atoms with Crippen LogP contribution in [-0.4, -0.2) is 11.0 Å². The summed E-state index contributed by atoms with van der Waals surface area (Å²) in [5.74, 6) is 0. The third-order valence-electron chi connectivity index (χ3n) is 0. The molecule has 0 nitrogen and oxygen atoms in total. The fourth-order valence-corrected chi connectivity index (χ4v) is 0. The van der Waals surface area contributed by atoms with Crippen molar-refractivity contribution in [3.05, 3.63) is 0 Å². The molecule has 0 aromatic rings. The van der Waals surface area contributed by atoms with Crippen LogP contribution in [0.25, 0.3) is 0 Å². The van der Waals surface area contributed by atoms with Crippen LogP contribution in [-0.2, 0) is 63.2 Å². The van der Waals surface area contributed by atoms with Crippen molar-refractivity contribution in [2.75, 3.05) is 0 Å². The number of rotatable bonds is 0. The van der Waals surface area contributed by atoms with Crippen molar-refractivity contribution in [1.29, 1.82) is 0 Å². The zero-order valence-corrected chi connectivity index (χ0v) is 10.0. The molecule has 0 atom stereocenters. The van der Waals surface area contributed by atoms with E-state index < -0.39 is 0 Å². The maximum Gasteiger partial charge on any atom is 0 e. The van der Waals surface area contributed by atoms with Gasteiger partial charge >= 0.3 is 0 Å². The molecule has 0 fully saturated rings. The normalized spacial score (nSPS) is 0. The Kier molecular flexibility index (Phi) is 156. The zero-order valence-electron chi connectivity index (χ0n) is 1.22. The Morgan fingerprint density at radius 3 is 0.500 bits per heavy atom. The molecule has 0 aliphatic rings. The molecular weight excluding hydrogens is 580 g/mol. The Morgan fingerprint density at radius 1 is 0.500 bits per heavy atom. The second-order valence-corrected chi connectivity index (χ2v) is 0. The maximum atomic E-state index is 0. The van der Waals surface area contributed by atoms with E-state index in [1.807, 2.05) is 0 Å². The predicted molar refractivity (Wildman–Crippen MR) is 11.3 cm³/mol. The Labute approximate surface area is 73.3 Å². The third-order valence-corrected chi connectivity index (χ3v) is 0. The maximum absolute atomic E-state index is 0. The molecule has 26 valence electrons. The van der Waals surface area contributed by atoms with Gasteiger partial charge in [0.05, 0.1) is 0 Å². The standard InChI is InChI=1S/H4Si.3W/h1H4;;;. The SMILES string of the molecule is [SiH4].[W].[W].[W]. The third kappa shape index (κ3) is 8.86. The van der Waals surface area contributed by atoms with Gasteiger partial charge in [0.15, 0.2) is 0 Å². The van der Waals surface area contributed by atoms with Gasteiger partial charge in [0.25, 0.3) is 0 Å². The summed E-state index contributed by atoms with van der Waals surface area (Å²) in [5, 5.41) is 0. The Bertz CT molecular complexity index is 3.25. The summed E-state index contributed by atoms with van der Waals surface area (Å²) in [6.07, 6.45) is 0. The van der Waals surface area contributed by atoms with E-state index in [1.165, 1.54) is 0 Å². The van der Waals surface area contributed by atoms with Crippen LogP contribution in [0.1, 0.15) is 0 Å². The monoisotopic (exact) mass is 584 g/mol. The quantitative estimate of drug-likeness (QED) is 0.306. The van der Waals surface area contributed by atoms with Crippen LogP contribution in [0, 0.1) is 0 Å². The van der Waals surface area contributed by atoms with Crippen LogP contribution in [0.4, 0.5) is 0 Å². The van der Waals surface area contributed by atoms with Crippen LogP contribution in [0.5, 0.6) is 0 Å². The first-order chi connectivity index (χ1) is 0. The van der Waals surface area contributed by atoms with Crippen molar-refractivity contribution in [2.24, 2.45) is 0 Å². The van der Waals surface area contributed by atoms with Crippen molar-refractivity contribution in [2.45, 2.75) is 0 Å². The summed E-state index contributed by atoms with van der Waals surface area (Å²) in [5.41, 5.74) is 0. The molecule has 0 saturated carbocycles. The van der Waals surface area contributed by atoms with Gasteiger partial charge in [0, 0.05) is 63.2 Å². The molecule has 0 spiro atoms. The summed E-state index contributed by atoms with van der Waals surface area (Å²) >= 11 is 0. The summed E-state index contributed by atoms with van der Waals surface area (Å²) in [6.45, 7) is 0. The van der Waals surface area contributed by atoms with Gasteiger partial charge in [-0.3, -0.25) is 0 Å². The van der Waals surface area contributed by atoms with Crippen molar-refractivity contribution in [3.8, 4) is 0 Å². The molecule has 0 N–H and O–H groups in total. The minimum absolute atomic E-state index is 0. The molecule has 0 heterocycles. The first-order valence-electron chi connectivity index (χ1n) is 0. The minimum Gasteiger partial charge on any atom is -0.0149 e. The molecule has 0 amide bonds. The van der Waals surface area contributed by atoms with Crippen molar-refractivity contribution in [1.82, 2.24) is 0 Å². The van der Waals surface area contributed by atoms with Crippen LogP contribution >= 0.6 is 0 Å². The smallest absolute Gasteiger partial charge is 0 e. The summed E-state index contributed by atoms with van der Waals surface area (Å²) in [6, 6.07) is 0. The van der Waals surface area contributed by atoms with Gasteiger partial charge in [0.1, 0.15) is 0 Å². The largest absolute Gasteiger partial charge is 0.0149 e. The van der Waals surface area contributed by atoms with Crippen molar-refractivity contribution < 1.29 is 63.2 Å². The molecule has 0 bridgehead atoms. The molecule has 0 saturated heterocycles. The van der Waals surface area contributed by atoms with Crippen LogP contribution in [0.2, 0.25) is 0 Å². The predicted octanol–water partition coefficient (Wildman–Crippen LogP) is -1.46. The molecule has 4 heteroatoms. The van der Waals surface area contributed by atoms with Gasteiger partial charge in [-0.2, -0.15) is 0 Å².